The molecule has 0 aliphatic rings. The molecule has 2 rings (SSSR count). The van der Waals surface area contributed by atoms with Gasteiger partial charge in [-0.15, -0.1) is 11.3 Å². The van der Waals surface area contributed by atoms with E-state index >= 15 is 0 Å². The van der Waals surface area contributed by atoms with Gasteiger partial charge in [-0.2, -0.15) is 0 Å². The van der Waals surface area contributed by atoms with Gasteiger partial charge in [0.25, 0.3) is 0 Å². The molecule has 0 saturated heterocycles. The molecule has 12 heteroatoms. The number of hydrogen-bond donors (Lipinski definition) is 4. The molecule has 0 aliphatic carbocycles. The SMILES string of the molecule is CC[C@H](C)[C@H](NC(=O)[C@@H](CC(C)=O)Cc1nc2ccc(Cl)cc2s1)C(=O)C[C@@H](CCCCN)C(=O)N[C@@H](CC(C)C)C(N)=O. The summed E-state index contributed by atoms with van der Waals surface area (Å²) in [6.07, 6.45) is 2.81. The highest BCUT2D eigenvalue weighted by molar-refractivity contribution is 7.18. The number of nitrogens with zero attached hydrogens (tertiary/aromatic N) is 1. The highest BCUT2D eigenvalue weighted by Crippen LogP contribution is 2.28. The summed E-state index contributed by atoms with van der Waals surface area (Å²) in [7, 11) is 0. The second kappa shape index (κ2) is 18.2. The lowest BCUT2D eigenvalue weighted by molar-refractivity contribution is -0.135. The fourth-order valence-corrected chi connectivity index (χ4v) is 6.46. The third-order valence-electron chi connectivity index (χ3n) is 7.77. The van der Waals surface area contributed by atoms with Crippen molar-refractivity contribution in [1.82, 2.24) is 15.6 Å². The maximum absolute atomic E-state index is 13.8. The van der Waals surface area contributed by atoms with Crippen LogP contribution in [-0.2, 0) is 30.4 Å². The molecular weight excluding hydrogens is 602 g/mol. The summed E-state index contributed by atoms with van der Waals surface area (Å²) >= 11 is 7.53. The Labute approximate surface area is 269 Å². The summed E-state index contributed by atoms with van der Waals surface area (Å²) < 4.78 is 0.882. The molecule has 2 aromatic rings. The van der Waals surface area contributed by atoms with Crippen molar-refractivity contribution in [3.8, 4) is 0 Å². The molecule has 0 bridgehead atoms. The molecule has 1 heterocycles. The number of rotatable bonds is 20. The third kappa shape index (κ3) is 11.9. The van der Waals surface area contributed by atoms with Crippen molar-refractivity contribution in [2.24, 2.45) is 35.1 Å². The van der Waals surface area contributed by atoms with E-state index in [1.54, 1.807) is 6.07 Å². The monoisotopic (exact) mass is 649 g/mol. The zero-order chi connectivity index (χ0) is 33.0. The van der Waals surface area contributed by atoms with Crippen LogP contribution >= 0.6 is 22.9 Å². The number of carbonyl (C=O) groups is 5. The molecule has 6 N–H and O–H groups in total. The van der Waals surface area contributed by atoms with Crippen LogP contribution in [0.5, 0.6) is 0 Å². The number of aromatic nitrogens is 1. The smallest absolute Gasteiger partial charge is 0.240 e. The summed E-state index contributed by atoms with van der Waals surface area (Å²) in [4.78, 5) is 69.5. The van der Waals surface area contributed by atoms with Gasteiger partial charge in [-0.1, -0.05) is 52.1 Å². The minimum Gasteiger partial charge on any atom is -0.368 e. The number of nitrogens with one attached hydrogen (secondary N) is 2. The van der Waals surface area contributed by atoms with Gasteiger partial charge in [-0.3, -0.25) is 19.2 Å². The van der Waals surface area contributed by atoms with Gasteiger partial charge in [0.05, 0.1) is 27.2 Å². The average molecular weight is 650 g/mol. The maximum Gasteiger partial charge on any atom is 0.240 e. The largest absolute Gasteiger partial charge is 0.368 e. The summed E-state index contributed by atoms with van der Waals surface area (Å²) in [5.74, 6) is -3.42. The van der Waals surface area contributed by atoms with Gasteiger partial charge in [0.15, 0.2) is 5.78 Å². The molecule has 0 spiro atoms. The van der Waals surface area contributed by atoms with E-state index in [0.717, 1.165) is 10.2 Å². The zero-order valence-corrected chi connectivity index (χ0v) is 28.1. The van der Waals surface area contributed by atoms with E-state index in [4.69, 9.17) is 23.1 Å². The minimum atomic E-state index is -0.858. The molecule has 10 nitrogen and oxygen atoms in total. The molecule has 5 atom stereocenters. The van der Waals surface area contributed by atoms with Crippen LogP contribution in [-0.4, -0.2) is 52.9 Å². The molecule has 44 heavy (non-hydrogen) atoms. The molecular formula is C32H48ClN5O5S. The number of Topliss-reactive ketones (excluding diaryl/α,β-unsaturated/α-hetero) is 2. The summed E-state index contributed by atoms with van der Waals surface area (Å²) in [5, 5.41) is 6.95. The van der Waals surface area contributed by atoms with E-state index in [0.29, 0.717) is 48.7 Å². The number of amides is 3. The van der Waals surface area contributed by atoms with E-state index in [-0.39, 0.29) is 42.7 Å². The van der Waals surface area contributed by atoms with E-state index in [9.17, 15) is 24.0 Å². The maximum atomic E-state index is 13.8. The lowest BCUT2D eigenvalue weighted by Gasteiger charge is -2.27. The van der Waals surface area contributed by atoms with Crippen LogP contribution in [0.3, 0.4) is 0 Å². The highest BCUT2D eigenvalue weighted by atomic mass is 35.5. The Morgan fingerprint density at radius 2 is 1.68 bits per heavy atom. The fourth-order valence-electron chi connectivity index (χ4n) is 5.13. The number of carbonyl (C=O) groups excluding carboxylic acids is 5. The molecule has 0 saturated carbocycles. The second-order valence-electron chi connectivity index (χ2n) is 12.1. The van der Waals surface area contributed by atoms with Crippen molar-refractivity contribution in [2.75, 3.05) is 6.54 Å². The van der Waals surface area contributed by atoms with Gasteiger partial charge in [0, 0.05) is 30.2 Å². The van der Waals surface area contributed by atoms with E-state index < -0.39 is 41.6 Å². The van der Waals surface area contributed by atoms with Crippen LogP contribution in [0.1, 0.15) is 84.6 Å². The molecule has 1 aromatic carbocycles. The van der Waals surface area contributed by atoms with Gasteiger partial charge in [0.1, 0.15) is 11.8 Å². The van der Waals surface area contributed by atoms with Crippen LogP contribution in [0.25, 0.3) is 10.2 Å². The van der Waals surface area contributed by atoms with Crippen LogP contribution in [0, 0.1) is 23.7 Å². The Balaban J connectivity index is 2.26. The lowest BCUT2D eigenvalue weighted by atomic mass is 9.86. The Morgan fingerprint density at radius 1 is 1.00 bits per heavy atom. The number of primary amides is 1. The number of fused-ring (bicyclic) bond motifs is 1. The molecule has 244 valence electrons. The summed E-state index contributed by atoms with van der Waals surface area (Å²) in [6.45, 7) is 9.52. The quantitative estimate of drug-likeness (QED) is 0.154. The lowest BCUT2D eigenvalue weighted by Crippen LogP contribution is -2.50. The van der Waals surface area contributed by atoms with Gasteiger partial charge < -0.3 is 26.9 Å². The van der Waals surface area contributed by atoms with E-state index in [2.05, 4.69) is 15.6 Å². The number of benzene rings is 1. The van der Waals surface area contributed by atoms with Crippen molar-refractivity contribution in [1.29, 1.82) is 0 Å². The first-order valence-electron chi connectivity index (χ1n) is 15.4. The van der Waals surface area contributed by atoms with E-state index in [1.807, 2.05) is 39.8 Å². The van der Waals surface area contributed by atoms with Crippen LogP contribution in [0.4, 0.5) is 0 Å². The molecule has 1 aromatic heterocycles. The van der Waals surface area contributed by atoms with Gasteiger partial charge in [-0.05, 0) is 62.8 Å². The molecule has 0 radical (unpaired) electrons. The summed E-state index contributed by atoms with van der Waals surface area (Å²) in [6, 6.07) is 3.67. The number of thiazole rings is 1. The van der Waals surface area contributed by atoms with Crippen LogP contribution in [0.15, 0.2) is 18.2 Å². The average Bonchev–Trinajstić information content (AvgIpc) is 3.34. The standard InChI is InChI=1S/C32H48ClN5O5S/c1-6-19(4)29(26(40)15-21(9-7-8-12-34)31(42)37-25(30(35)41)13-18(2)3)38-32(43)22(14-20(5)39)16-28-36-24-11-10-23(33)17-27(24)44-28/h10-11,17-19,21-22,25,29H,6-9,12-16,34H2,1-5H3,(H2,35,41)(H,37,42)(H,38,43)/t19-,21+,22-,25-,29-/m0/s1. The number of hydrogen-bond acceptors (Lipinski definition) is 8. The molecule has 0 fully saturated rings. The number of nitrogens with two attached hydrogens (primary N) is 2. The Kier molecular flexibility index (Phi) is 15.4. The van der Waals surface area contributed by atoms with Crippen LogP contribution < -0.4 is 22.1 Å². The third-order valence-corrected chi connectivity index (χ3v) is 9.05. The Bertz CT molecular complexity index is 1300. The van der Waals surface area contributed by atoms with Gasteiger partial charge in [-0.25, -0.2) is 4.98 Å². The first kappa shape index (κ1) is 37.3. The second-order valence-corrected chi connectivity index (χ2v) is 13.7. The highest BCUT2D eigenvalue weighted by Gasteiger charge is 2.33. The first-order valence-corrected chi connectivity index (χ1v) is 16.6. The molecule has 0 aliphatic heterocycles. The Morgan fingerprint density at radius 3 is 2.27 bits per heavy atom. The minimum absolute atomic E-state index is 0.00158. The van der Waals surface area contributed by atoms with Crippen molar-refractivity contribution in [3.63, 3.8) is 0 Å². The topological polar surface area (TPSA) is 174 Å². The predicted octanol–water partition coefficient (Wildman–Crippen LogP) is 4.34. The van der Waals surface area contributed by atoms with Crippen molar-refractivity contribution >= 4 is 62.4 Å². The van der Waals surface area contributed by atoms with Crippen molar-refractivity contribution in [2.45, 2.75) is 98.1 Å². The van der Waals surface area contributed by atoms with Crippen LogP contribution in [0.2, 0.25) is 5.02 Å². The fraction of sp³-hybridized carbons (Fsp3) is 0.625. The number of ketones is 2. The Hall–Kier alpha value is -2.89. The number of halogens is 1. The first-order chi connectivity index (χ1) is 20.7. The van der Waals surface area contributed by atoms with Gasteiger partial charge in [0.2, 0.25) is 17.7 Å². The predicted molar refractivity (Wildman–Crippen MR) is 175 cm³/mol. The van der Waals surface area contributed by atoms with Crippen molar-refractivity contribution < 1.29 is 24.0 Å². The van der Waals surface area contributed by atoms with Crippen molar-refractivity contribution in [3.05, 3.63) is 28.2 Å². The summed E-state index contributed by atoms with van der Waals surface area (Å²) in [5.41, 5.74) is 12.0. The zero-order valence-electron chi connectivity index (χ0n) is 26.5. The molecule has 0 unspecified atom stereocenters. The van der Waals surface area contributed by atoms with E-state index in [1.165, 1.54) is 18.3 Å². The van der Waals surface area contributed by atoms with Gasteiger partial charge >= 0.3 is 0 Å². The number of unbranched alkanes of at least 4 members (excludes halogenated alkanes) is 1. The molecule has 3 amide bonds. The normalized spacial score (nSPS) is 14.9.